The van der Waals surface area contributed by atoms with Crippen LogP contribution in [0.25, 0.3) is 0 Å². The molecule has 11 heteroatoms. The summed E-state index contributed by atoms with van der Waals surface area (Å²) in [4.78, 5) is 54.5. The van der Waals surface area contributed by atoms with Crippen molar-refractivity contribution in [2.45, 2.75) is 44.3 Å². The second kappa shape index (κ2) is 14.3. The Morgan fingerprint density at radius 3 is 2.36 bits per heavy atom. The fourth-order valence-corrected chi connectivity index (χ4v) is 5.30. The van der Waals surface area contributed by atoms with Gasteiger partial charge in [0.2, 0.25) is 17.7 Å². The maximum Gasteiger partial charge on any atom is 0.247 e. The number of hydrogen-bond donors (Lipinski definition) is 3. The lowest BCUT2D eigenvalue weighted by molar-refractivity contribution is -0.142. The number of nitrogens with two attached hydrogens (primary N) is 1. The highest BCUT2D eigenvalue weighted by Crippen LogP contribution is 2.38. The third-order valence-electron chi connectivity index (χ3n) is 7.13. The lowest BCUT2D eigenvalue weighted by atomic mass is 9.92. The SMILES string of the molecule is COc1c(NC(=O)[C@H](CCN)NC(=O)[C@@H]2Cc3ccccc3CN2C(=O)CCC(=O)c2ccccc2)ccc(Cl)c1Cl. The highest BCUT2D eigenvalue weighted by molar-refractivity contribution is 6.43. The van der Waals surface area contributed by atoms with Gasteiger partial charge in [0, 0.05) is 31.4 Å². The van der Waals surface area contributed by atoms with E-state index in [-0.39, 0.29) is 71.9 Å². The second-order valence-corrected chi connectivity index (χ2v) is 10.7. The summed E-state index contributed by atoms with van der Waals surface area (Å²) in [6.45, 7) is 0.329. The summed E-state index contributed by atoms with van der Waals surface area (Å²) in [5.41, 5.74) is 8.44. The first kappa shape index (κ1) is 31.0. The Morgan fingerprint density at radius 2 is 1.67 bits per heavy atom. The van der Waals surface area contributed by atoms with Gasteiger partial charge in [-0.25, -0.2) is 0 Å². The van der Waals surface area contributed by atoms with Crippen LogP contribution in [-0.2, 0) is 27.3 Å². The zero-order chi connectivity index (χ0) is 30.2. The Bertz CT molecular complexity index is 1470. The molecule has 0 unspecified atom stereocenters. The largest absolute Gasteiger partial charge is 0.493 e. The molecule has 3 amide bonds. The minimum Gasteiger partial charge on any atom is -0.493 e. The minimum absolute atomic E-state index is 0.0129. The van der Waals surface area contributed by atoms with E-state index in [0.717, 1.165) is 11.1 Å². The molecule has 4 N–H and O–H groups in total. The number of rotatable bonds is 11. The molecule has 1 aliphatic heterocycles. The van der Waals surface area contributed by atoms with Crippen LogP contribution in [0.5, 0.6) is 5.75 Å². The van der Waals surface area contributed by atoms with Crippen LogP contribution in [0.1, 0.15) is 40.7 Å². The molecule has 0 bridgehead atoms. The number of ether oxygens (including phenoxy) is 1. The van der Waals surface area contributed by atoms with Crippen molar-refractivity contribution in [2.75, 3.05) is 19.0 Å². The summed E-state index contributed by atoms with van der Waals surface area (Å²) in [6, 6.07) is 17.5. The third-order valence-corrected chi connectivity index (χ3v) is 7.92. The van der Waals surface area contributed by atoms with Crippen molar-refractivity contribution in [2.24, 2.45) is 5.73 Å². The Hall–Kier alpha value is -3.92. The van der Waals surface area contributed by atoms with Crippen molar-refractivity contribution in [3.05, 3.63) is 93.5 Å². The number of anilines is 1. The lowest BCUT2D eigenvalue weighted by Gasteiger charge is -2.36. The third kappa shape index (κ3) is 7.28. The Balaban J connectivity index is 1.51. The summed E-state index contributed by atoms with van der Waals surface area (Å²) in [5, 5.41) is 5.90. The zero-order valence-corrected chi connectivity index (χ0v) is 24.6. The molecule has 0 spiro atoms. The van der Waals surface area contributed by atoms with Gasteiger partial charge in [0.15, 0.2) is 11.5 Å². The lowest BCUT2D eigenvalue weighted by Crippen LogP contribution is -2.56. The van der Waals surface area contributed by atoms with Crippen LogP contribution < -0.4 is 21.1 Å². The van der Waals surface area contributed by atoms with Gasteiger partial charge >= 0.3 is 0 Å². The molecule has 1 heterocycles. The average molecular weight is 612 g/mol. The molecule has 0 saturated heterocycles. The van der Waals surface area contributed by atoms with Crippen molar-refractivity contribution in [3.8, 4) is 5.75 Å². The Morgan fingerprint density at radius 1 is 0.976 bits per heavy atom. The zero-order valence-electron chi connectivity index (χ0n) is 23.1. The van der Waals surface area contributed by atoms with Gasteiger partial charge in [0.25, 0.3) is 0 Å². The molecule has 3 aromatic carbocycles. The highest BCUT2D eigenvalue weighted by atomic mass is 35.5. The molecule has 9 nitrogen and oxygen atoms in total. The second-order valence-electron chi connectivity index (χ2n) is 9.87. The highest BCUT2D eigenvalue weighted by Gasteiger charge is 2.36. The molecule has 0 aliphatic carbocycles. The van der Waals surface area contributed by atoms with Crippen LogP contribution in [0.3, 0.4) is 0 Å². The first-order valence-electron chi connectivity index (χ1n) is 13.5. The number of Topliss-reactive ketones (excluding diaryl/α,β-unsaturated/α-hetero) is 1. The van der Waals surface area contributed by atoms with Crippen LogP contribution in [0.4, 0.5) is 5.69 Å². The Labute approximate surface area is 254 Å². The van der Waals surface area contributed by atoms with Gasteiger partial charge in [0.05, 0.1) is 17.8 Å². The number of halogens is 2. The number of ketones is 1. The van der Waals surface area contributed by atoms with Gasteiger partial charge in [-0.1, -0.05) is 77.8 Å². The maximum absolute atomic E-state index is 13.7. The molecule has 0 radical (unpaired) electrons. The monoisotopic (exact) mass is 610 g/mol. The van der Waals surface area contributed by atoms with Gasteiger partial charge in [-0.3, -0.25) is 19.2 Å². The minimum atomic E-state index is -1.00. The van der Waals surface area contributed by atoms with Crippen molar-refractivity contribution >= 4 is 52.4 Å². The van der Waals surface area contributed by atoms with Crippen LogP contribution in [0, 0.1) is 0 Å². The number of carbonyl (C=O) groups is 4. The molecule has 0 fully saturated rings. The van der Waals surface area contributed by atoms with E-state index in [1.807, 2.05) is 30.3 Å². The van der Waals surface area contributed by atoms with Crippen LogP contribution in [-0.4, -0.2) is 54.1 Å². The van der Waals surface area contributed by atoms with E-state index in [1.54, 1.807) is 30.3 Å². The van der Waals surface area contributed by atoms with E-state index in [9.17, 15) is 19.2 Å². The first-order valence-corrected chi connectivity index (χ1v) is 14.3. The number of amides is 3. The number of nitrogens with one attached hydrogen (secondary N) is 2. The summed E-state index contributed by atoms with van der Waals surface area (Å²) in [5.74, 6) is -1.33. The van der Waals surface area contributed by atoms with Gasteiger partial charge in [-0.05, 0) is 36.2 Å². The van der Waals surface area contributed by atoms with Gasteiger partial charge in [-0.2, -0.15) is 0 Å². The van der Waals surface area contributed by atoms with Crippen molar-refractivity contribution in [1.82, 2.24) is 10.2 Å². The topological polar surface area (TPSA) is 131 Å². The summed E-state index contributed by atoms with van der Waals surface area (Å²) in [6.07, 6.45) is 0.366. The predicted octanol–water partition coefficient (Wildman–Crippen LogP) is 4.39. The number of nitrogens with zero attached hydrogens (tertiary/aromatic N) is 1. The number of carbonyl (C=O) groups excluding carboxylic acids is 4. The fourth-order valence-electron chi connectivity index (χ4n) is 4.91. The van der Waals surface area contributed by atoms with E-state index in [1.165, 1.54) is 18.1 Å². The van der Waals surface area contributed by atoms with Crippen molar-refractivity contribution < 1.29 is 23.9 Å². The number of benzene rings is 3. The molecular weight excluding hydrogens is 579 g/mol. The van der Waals surface area contributed by atoms with Gasteiger partial charge < -0.3 is 26.0 Å². The summed E-state index contributed by atoms with van der Waals surface area (Å²) < 4.78 is 5.30. The summed E-state index contributed by atoms with van der Waals surface area (Å²) >= 11 is 12.3. The van der Waals surface area contributed by atoms with Crippen molar-refractivity contribution in [1.29, 1.82) is 0 Å². The van der Waals surface area contributed by atoms with Crippen molar-refractivity contribution in [3.63, 3.8) is 0 Å². The van der Waals surface area contributed by atoms with E-state index >= 15 is 0 Å². The number of hydrogen-bond acceptors (Lipinski definition) is 6. The molecule has 42 heavy (non-hydrogen) atoms. The molecule has 4 rings (SSSR count). The predicted molar refractivity (Wildman–Crippen MR) is 162 cm³/mol. The van der Waals surface area contributed by atoms with Crippen LogP contribution >= 0.6 is 23.2 Å². The van der Waals surface area contributed by atoms with Crippen LogP contribution in [0.2, 0.25) is 10.0 Å². The van der Waals surface area contributed by atoms with E-state index in [0.29, 0.717) is 5.56 Å². The molecule has 220 valence electrons. The standard InChI is InChI=1S/C31H32Cl2N4O5/c1-42-29-23(12-11-22(32)28(29)33)35-30(40)24(15-16-34)36-31(41)25-17-20-9-5-6-10-21(20)18-37(25)27(39)14-13-26(38)19-7-3-2-4-8-19/h2-12,24-25H,13-18,34H2,1H3,(H,35,40)(H,36,41)/t24-,25-/m0/s1. The molecule has 1 aliphatic rings. The molecule has 2 atom stereocenters. The van der Waals surface area contributed by atoms with Crippen LogP contribution in [0.15, 0.2) is 66.7 Å². The molecule has 3 aromatic rings. The number of methoxy groups -OCH3 is 1. The molecular formula is C31H32Cl2N4O5. The van der Waals surface area contributed by atoms with Gasteiger partial charge in [-0.15, -0.1) is 0 Å². The average Bonchev–Trinajstić information content (AvgIpc) is 3.01. The van der Waals surface area contributed by atoms with E-state index in [2.05, 4.69) is 10.6 Å². The number of fused-ring (bicyclic) bond motifs is 1. The smallest absolute Gasteiger partial charge is 0.247 e. The molecule has 0 saturated carbocycles. The maximum atomic E-state index is 13.7. The quantitative estimate of drug-likeness (QED) is 0.276. The van der Waals surface area contributed by atoms with E-state index in [4.69, 9.17) is 33.7 Å². The van der Waals surface area contributed by atoms with E-state index < -0.39 is 23.9 Å². The Kier molecular flexibility index (Phi) is 10.6. The van der Waals surface area contributed by atoms with Gasteiger partial charge in [0.1, 0.15) is 17.1 Å². The molecule has 0 aromatic heterocycles. The first-order chi connectivity index (χ1) is 20.2. The normalized spacial score (nSPS) is 14.9. The fraction of sp³-hybridized carbons (Fsp3) is 0.290. The summed E-state index contributed by atoms with van der Waals surface area (Å²) in [7, 11) is 1.40.